The van der Waals surface area contributed by atoms with Crippen molar-refractivity contribution >= 4 is 11.6 Å². The van der Waals surface area contributed by atoms with E-state index in [1.807, 2.05) is 0 Å². The summed E-state index contributed by atoms with van der Waals surface area (Å²) < 4.78 is 38.3. The van der Waals surface area contributed by atoms with Gasteiger partial charge in [0.05, 0.1) is 29.0 Å². The molecular formula is C12H8ClF3N2. The van der Waals surface area contributed by atoms with Gasteiger partial charge >= 0.3 is 0 Å². The van der Waals surface area contributed by atoms with Crippen molar-refractivity contribution in [1.82, 2.24) is 9.97 Å². The van der Waals surface area contributed by atoms with Crippen molar-refractivity contribution in [2.24, 2.45) is 0 Å². The van der Waals surface area contributed by atoms with Crippen molar-refractivity contribution in [1.29, 1.82) is 0 Å². The Morgan fingerprint density at radius 3 is 2.67 bits per heavy atom. The molecule has 0 atom stereocenters. The third kappa shape index (κ3) is 2.61. The first kappa shape index (κ1) is 12.8. The maximum absolute atomic E-state index is 13.1. The third-order valence-corrected chi connectivity index (χ3v) is 2.62. The predicted octanol–water partition coefficient (Wildman–Crippen LogP) is 3.96. The Morgan fingerprint density at radius 2 is 2.00 bits per heavy atom. The zero-order valence-corrected chi connectivity index (χ0v) is 9.83. The second kappa shape index (κ2) is 5.35. The molecule has 2 nitrogen and oxygen atoms in total. The van der Waals surface area contributed by atoms with Crippen LogP contribution in [0.15, 0.2) is 30.6 Å². The van der Waals surface area contributed by atoms with E-state index in [1.54, 1.807) is 0 Å². The molecule has 0 unspecified atom stereocenters. The minimum absolute atomic E-state index is 0.170. The fourth-order valence-electron chi connectivity index (χ4n) is 1.48. The van der Waals surface area contributed by atoms with Crippen molar-refractivity contribution in [3.05, 3.63) is 47.7 Å². The van der Waals surface area contributed by atoms with Gasteiger partial charge in [-0.2, -0.15) is 0 Å². The Bertz CT molecular complexity index is 561. The summed E-state index contributed by atoms with van der Waals surface area (Å²) in [5, 5.41) is 0. The van der Waals surface area contributed by atoms with Crippen molar-refractivity contribution in [3.63, 3.8) is 0 Å². The SMILES string of the molecule is Fc1ccc(-c2cncc(CCl)n2)cc1C(F)F. The van der Waals surface area contributed by atoms with Gasteiger partial charge < -0.3 is 0 Å². The van der Waals surface area contributed by atoms with Crippen LogP contribution in [0.2, 0.25) is 0 Å². The average molecular weight is 273 g/mol. The molecule has 0 aliphatic rings. The maximum atomic E-state index is 13.1. The summed E-state index contributed by atoms with van der Waals surface area (Å²) in [6.45, 7) is 0. The van der Waals surface area contributed by atoms with E-state index in [4.69, 9.17) is 11.6 Å². The van der Waals surface area contributed by atoms with Crippen LogP contribution in [0.1, 0.15) is 17.7 Å². The van der Waals surface area contributed by atoms with E-state index in [-0.39, 0.29) is 5.88 Å². The molecule has 0 radical (unpaired) electrons. The lowest BCUT2D eigenvalue weighted by Gasteiger charge is -2.06. The summed E-state index contributed by atoms with van der Waals surface area (Å²) in [5.74, 6) is -0.765. The van der Waals surface area contributed by atoms with Crippen molar-refractivity contribution in [2.45, 2.75) is 12.3 Å². The highest BCUT2D eigenvalue weighted by atomic mass is 35.5. The molecular weight excluding hydrogens is 265 g/mol. The van der Waals surface area contributed by atoms with Crippen LogP contribution in [-0.2, 0) is 5.88 Å². The number of alkyl halides is 3. The monoisotopic (exact) mass is 272 g/mol. The number of hydrogen-bond donors (Lipinski definition) is 0. The Balaban J connectivity index is 2.47. The minimum atomic E-state index is -2.87. The zero-order chi connectivity index (χ0) is 13.1. The maximum Gasteiger partial charge on any atom is 0.266 e. The van der Waals surface area contributed by atoms with Gasteiger partial charge in [0.2, 0.25) is 0 Å². The first-order chi connectivity index (χ1) is 8.61. The van der Waals surface area contributed by atoms with Gasteiger partial charge in [0, 0.05) is 11.8 Å². The predicted molar refractivity (Wildman–Crippen MR) is 61.9 cm³/mol. The molecule has 0 spiro atoms. The molecule has 0 fully saturated rings. The molecule has 0 aliphatic heterocycles. The van der Waals surface area contributed by atoms with Gasteiger partial charge in [-0.1, -0.05) is 0 Å². The van der Waals surface area contributed by atoms with Crippen molar-refractivity contribution in [3.8, 4) is 11.3 Å². The van der Waals surface area contributed by atoms with Gasteiger partial charge in [0.25, 0.3) is 6.43 Å². The summed E-state index contributed by atoms with van der Waals surface area (Å²) in [7, 11) is 0. The van der Waals surface area contributed by atoms with Crippen LogP contribution in [0.3, 0.4) is 0 Å². The fourth-order valence-corrected chi connectivity index (χ4v) is 1.61. The van der Waals surface area contributed by atoms with Crippen molar-refractivity contribution in [2.75, 3.05) is 0 Å². The first-order valence-corrected chi connectivity index (χ1v) is 5.60. The van der Waals surface area contributed by atoms with Crippen LogP contribution in [0, 0.1) is 5.82 Å². The molecule has 94 valence electrons. The summed E-state index contributed by atoms with van der Waals surface area (Å²) >= 11 is 5.61. The smallest absolute Gasteiger partial charge is 0.261 e. The lowest BCUT2D eigenvalue weighted by Crippen LogP contribution is -1.95. The van der Waals surface area contributed by atoms with Crippen LogP contribution in [0.4, 0.5) is 13.2 Å². The molecule has 1 heterocycles. The van der Waals surface area contributed by atoms with Gasteiger partial charge in [0.1, 0.15) is 5.82 Å². The largest absolute Gasteiger partial charge is 0.266 e. The molecule has 1 aromatic carbocycles. The normalized spacial score (nSPS) is 10.9. The van der Waals surface area contributed by atoms with Gasteiger partial charge in [-0.15, -0.1) is 11.6 Å². The van der Waals surface area contributed by atoms with Crippen LogP contribution in [-0.4, -0.2) is 9.97 Å². The Kier molecular flexibility index (Phi) is 3.81. The van der Waals surface area contributed by atoms with E-state index in [2.05, 4.69) is 9.97 Å². The number of rotatable bonds is 3. The van der Waals surface area contributed by atoms with E-state index >= 15 is 0 Å². The van der Waals surface area contributed by atoms with Gasteiger partial charge in [0.15, 0.2) is 0 Å². The van der Waals surface area contributed by atoms with E-state index in [0.717, 1.165) is 12.1 Å². The highest BCUT2D eigenvalue weighted by Crippen LogP contribution is 2.27. The molecule has 0 saturated carbocycles. The molecule has 0 amide bonds. The van der Waals surface area contributed by atoms with Gasteiger partial charge in [-0.05, 0) is 18.2 Å². The Hall–Kier alpha value is -1.62. The van der Waals surface area contributed by atoms with E-state index in [9.17, 15) is 13.2 Å². The lowest BCUT2D eigenvalue weighted by molar-refractivity contribution is 0.146. The second-order valence-electron chi connectivity index (χ2n) is 3.57. The Labute approximate surface area is 106 Å². The molecule has 0 aliphatic carbocycles. The summed E-state index contributed by atoms with van der Waals surface area (Å²) in [6, 6.07) is 3.44. The summed E-state index contributed by atoms with van der Waals surface area (Å²) in [5.41, 5.74) is 0.642. The van der Waals surface area contributed by atoms with Crippen LogP contribution in [0.5, 0.6) is 0 Å². The third-order valence-electron chi connectivity index (χ3n) is 2.35. The summed E-state index contributed by atoms with van der Waals surface area (Å²) in [6.07, 6.45) is 0.0289. The molecule has 2 aromatic rings. The molecule has 0 saturated heterocycles. The quantitative estimate of drug-likeness (QED) is 0.791. The topological polar surface area (TPSA) is 25.8 Å². The van der Waals surface area contributed by atoms with Gasteiger partial charge in [-0.3, -0.25) is 4.98 Å². The number of nitrogens with zero attached hydrogens (tertiary/aromatic N) is 2. The minimum Gasteiger partial charge on any atom is -0.261 e. The van der Waals surface area contributed by atoms with Crippen LogP contribution in [0.25, 0.3) is 11.3 Å². The molecule has 1 aromatic heterocycles. The molecule has 2 rings (SSSR count). The highest BCUT2D eigenvalue weighted by Gasteiger charge is 2.14. The molecule has 18 heavy (non-hydrogen) atoms. The standard InChI is InChI=1S/C12H8ClF3N2/c13-4-8-5-17-6-11(18-8)7-1-2-10(14)9(3-7)12(15)16/h1-3,5-6,12H,4H2. The fraction of sp³-hybridized carbons (Fsp3) is 0.167. The second-order valence-corrected chi connectivity index (χ2v) is 3.83. The zero-order valence-electron chi connectivity index (χ0n) is 9.08. The highest BCUT2D eigenvalue weighted by molar-refractivity contribution is 6.16. The van der Waals surface area contributed by atoms with E-state index in [1.165, 1.54) is 18.5 Å². The van der Waals surface area contributed by atoms with Crippen LogP contribution >= 0.6 is 11.6 Å². The molecule has 0 bridgehead atoms. The molecule has 6 heteroatoms. The van der Waals surface area contributed by atoms with Crippen LogP contribution < -0.4 is 0 Å². The number of halogens is 4. The van der Waals surface area contributed by atoms with E-state index < -0.39 is 17.8 Å². The Morgan fingerprint density at radius 1 is 1.22 bits per heavy atom. The number of hydrogen-bond acceptors (Lipinski definition) is 2. The first-order valence-electron chi connectivity index (χ1n) is 5.06. The lowest BCUT2D eigenvalue weighted by atomic mass is 10.1. The average Bonchev–Trinajstić information content (AvgIpc) is 2.39. The number of aromatic nitrogens is 2. The number of benzene rings is 1. The van der Waals surface area contributed by atoms with Crippen molar-refractivity contribution < 1.29 is 13.2 Å². The van der Waals surface area contributed by atoms with E-state index in [0.29, 0.717) is 17.0 Å². The summed E-state index contributed by atoms with van der Waals surface area (Å²) in [4.78, 5) is 8.03. The van der Waals surface area contributed by atoms with Gasteiger partial charge in [-0.25, -0.2) is 18.2 Å². The molecule has 0 N–H and O–H groups in total.